The Kier molecular flexibility index (Phi) is 4.46. The molecule has 1 aliphatic rings. The second kappa shape index (κ2) is 7.19. The minimum atomic E-state index is -4.59. The zero-order valence-electron chi connectivity index (χ0n) is 16.0. The van der Waals surface area contributed by atoms with Gasteiger partial charge >= 0.3 is 12.3 Å². The van der Waals surface area contributed by atoms with Gasteiger partial charge in [0.25, 0.3) is 0 Å². The molecule has 1 atom stereocenters. The summed E-state index contributed by atoms with van der Waals surface area (Å²) in [6.45, 7) is 0.339. The largest absolute Gasteiger partial charge is 0.472 e. The number of aromatic nitrogens is 2. The predicted molar refractivity (Wildman–Crippen MR) is 104 cm³/mol. The number of nitrogens with zero attached hydrogens (tertiary/aromatic N) is 3. The Morgan fingerprint density at radius 3 is 2.61 bits per heavy atom. The van der Waals surface area contributed by atoms with Crippen LogP contribution < -0.4 is 0 Å². The number of alkyl halides is 3. The molecule has 5 rings (SSSR count). The van der Waals surface area contributed by atoms with E-state index >= 15 is 0 Å². The number of pyridine rings is 1. The summed E-state index contributed by atoms with van der Waals surface area (Å²) in [7, 11) is 0. The highest BCUT2D eigenvalue weighted by molar-refractivity contribution is 5.70. The first-order valence-electron chi connectivity index (χ1n) is 9.50. The highest BCUT2D eigenvalue weighted by Crippen LogP contribution is 2.36. The second-order valence-electron chi connectivity index (χ2n) is 7.28. The van der Waals surface area contributed by atoms with Gasteiger partial charge in [-0.25, -0.2) is 9.78 Å². The number of imidazole rings is 1. The summed E-state index contributed by atoms with van der Waals surface area (Å²) < 4.78 is 52.8. The summed E-state index contributed by atoms with van der Waals surface area (Å²) >= 11 is 0. The summed E-state index contributed by atoms with van der Waals surface area (Å²) in [4.78, 5) is 17.9. The predicted octanol–water partition coefficient (Wildman–Crippen LogP) is 5.31. The van der Waals surface area contributed by atoms with Crippen LogP contribution in [-0.4, -0.2) is 26.9 Å². The Morgan fingerprint density at radius 2 is 1.90 bits per heavy atom. The van der Waals surface area contributed by atoms with Crippen LogP contribution in [0.4, 0.5) is 18.0 Å². The quantitative estimate of drug-likeness (QED) is 0.443. The van der Waals surface area contributed by atoms with Crippen LogP contribution in [-0.2, 0) is 17.5 Å². The Hall–Kier alpha value is -3.75. The van der Waals surface area contributed by atoms with Crippen LogP contribution in [0.1, 0.15) is 22.9 Å². The first-order valence-corrected chi connectivity index (χ1v) is 9.50. The van der Waals surface area contributed by atoms with Crippen molar-refractivity contribution in [2.75, 3.05) is 6.54 Å². The smallest absolute Gasteiger partial charge is 0.420 e. The number of halogens is 3. The van der Waals surface area contributed by atoms with Crippen LogP contribution in [0.3, 0.4) is 0 Å². The molecule has 1 aromatic carbocycles. The summed E-state index contributed by atoms with van der Waals surface area (Å²) in [6.07, 6.45) is 0.287. The summed E-state index contributed by atoms with van der Waals surface area (Å²) in [5, 5.41) is 0. The molecule has 0 bridgehead atoms. The number of rotatable bonds is 4. The fourth-order valence-electron chi connectivity index (χ4n) is 3.69. The van der Waals surface area contributed by atoms with Crippen molar-refractivity contribution in [3.63, 3.8) is 0 Å². The summed E-state index contributed by atoms with van der Waals surface area (Å²) in [5.74, 6) is 0. The molecule has 1 fully saturated rings. The normalized spacial score (nSPS) is 16.8. The van der Waals surface area contributed by atoms with Gasteiger partial charge in [-0.1, -0.05) is 30.3 Å². The van der Waals surface area contributed by atoms with Crippen LogP contribution in [0.2, 0.25) is 0 Å². The Balaban J connectivity index is 1.46. The third-order valence-electron chi connectivity index (χ3n) is 5.17. The standard InChI is InChI=1S/C22H16F3N3O3/c23-22(24,25)18-8-16(15-6-7-30-13-15)9-27-10-17(26-20(18)27)11-28-12-19(31-21(28)29)14-4-2-1-3-5-14/h1-10,13,19H,11-12H2. The van der Waals surface area contributed by atoms with Crippen molar-refractivity contribution in [2.45, 2.75) is 18.8 Å². The van der Waals surface area contributed by atoms with E-state index in [1.54, 1.807) is 12.3 Å². The molecule has 6 nitrogen and oxygen atoms in total. The first-order chi connectivity index (χ1) is 14.9. The number of carbonyl (C=O) groups excluding carboxylic acids is 1. The molecule has 9 heteroatoms. The molecule has 158 valence electrons. The SMILES string of the molecule is O=C1OC(c2ccccc2)CN1Cc1cn2cc(-c3ccoc3)cc(C(F)(F)F)c2n1. The molecule has 0 aliphatic carbocycles. The van der Waals surface area contributed by atoms with Gasteiger partial charge in [0, 0.05) is 23.5 Å². The van der Waals surface area contributed by atoms with E-state index < -0.39 is 23.9 Å². The van der Waals surface area contributed by atoms with Gasteiger partial charge < -0.3 is 13.6 Å². The lowest BCUT2D eigenvalue weighted by Crippen LogP contribution is -2.23. The number of fused-ring (bicyclic) bond motifs is 1. The zero-order chi connectivity index (χ0) is 21.6. The van der Waals surface area contributed by atoms with Gasteiger partial charge in [-0.3, -0.25) is 4.90 Å². The van der Waals surface area contributed by atoms with Gasteiger partial charge in [0.15, 0.2) is 0 Å². The molecule has 0 spiro atoms. The number of hydrogen-bond donors (Lipinski definition) is 0. The second-order valence-corrected chi connectivity index (χ2v) is 7.28. The molecule has 0 saturated carbocycles. The Bertz CT molecular complexity index is 1230. The lowest BCUT2D eigenvalue weighted by Gasteiger charge is -2.11. The van der Waals surface area contributed by atoms with Crippen molar-refractivity contribution in [3.8, 4) is 11.1 Å². The van der Waals surface area contributed by atoms with E-state index in [2.05, 4.69) is 4.98 Å². The van der Waals surface area contributed by atoms with Gasteiger partial charge in [0.05, 0.1) is 36.9 Å². The molecule has 31 heavy (non-hydrogen) atoms. The van der Waals surface area contributed by atoms with Crippen molar-refractivity contribution >= 4 is 11.7 Å². The molecule has 0 radical (unpaired) electrons. The van der Waals surface area contributed by atoms with Crippen LogP contribution in [0.5, 0.6) is 0 Å². The Labute approximate surface area is 174 Å². The van der Waals surface area contributed by atoms with E-state index in [-0.39, 0.29) is 12.2 Å². The van der Waals surface area contributed by atoms with Crippen LogP contribution in [0.15, 0.2) is 71.8 Å². The fourth-order valence-corrected chi connectivity index (χ4v) is 3.69. The monoisotopic (exact) mass is 427 g/mol. The molecule has 4 heterocycles. The highest BCUT2D eigenvalue weighted by atomic mass is 19.4. The van der Waals surface area contributed by atoms with Crippen LogP contribution in [0, 0.1) is 0 Å². The topological polar surface area (TPSA) is 60.0 Å². The van der Waals surface area contributed by atoms with Gasteiger partial charge in [0.2, 0.25) is 0 Å². The average Bonchev–Trinajstić information content (AvgIpc) is 3.47. The van der Waals surface area contributed by atoms with E-state index in [0.29, 0.717) is 23.4 Å². The number of benzene rings is 1. The number of hydrogen-bond acceptors (Lipinski definition) is 4. The van der Waals surface area contributed by atoms with E-state index in [9.17, 15) is 18.0 Å². The number of cyclic esters (lactones) is 1. The lowest BCUT2D eigenvalue weighted by molar-refractivity contribution is -0.136. The van der Waals surface area contributed by atoms with Crippen molar-refractivity contribution in [3.05, 3.63) is 84.2 Å². The van der Waals surface area contributed by atoms with Gasteiger partial charge in [-0.2, -0.15) is 13.2 Å². The Morgan fingerprint density at radius 1 is 1.10 bits per heavy atom. The van der Waals surface area contributed by atoms with Gasteiger partial charge in [0.1, 0.15) is 11.8 Å². The number of furan rings is 1. The third kappa shape index (κ3) is 3.63. The molecule has 3 aromatic heterocycles. The van der Waals surface area contributed by atoms with Crippen molar-refractivity contribution in [2.24, 2.45) is 0 Å². The van der Waals surface area contributed by atoms with Crippen molar-refractivity contribution in [1.82, 2.24) is 14.3 Å². The summed E-state index contributed by atoms with van der Waals surface area (Å²) in [6, 6.07) is 11.9. The van der Waals surface area contributed by atoms with E-state index in [1.165, 1.54) is 28.0 Å². The zero-order valence-corrected chi connectivity index (χ0v) is 16.0. The molecule has 1 amide bonds. The molecule has 1 saturated heterocycles. The van der Waals surface area contributed by atoms with E-state index in [1.807, 2.05) is 30.3 Å². The number of carbonyl (C=O) groups is 1. The number of amides is 1. The maximum absolute atomic E-state index is 13.7. The molecular weight excluding hydrogens is 411 g/mol. The van der Waals surface area contributed by atoms with E-state index in [0.717, 1.165) is 11.6 Å². The number of ether oxygens (including phenoxy) is 1. The average molecular weight is 427 g/mol. The molecule has 1 unspecified atom stereocenters. The molecule has 1 aliphatic heterocycles. The van der Waals surface area contributed by atoms with Crippen molar-refractivity contribution < 1.29 is 27.1 Å². The lowest BCUT2D eigenvalue weighted by atomic mass is 10.1. The van der Waals surface area contributed by atoms with Crippen LogP contribution in [0.25, 0.3) is 16.8 Å². The molecular formula is C22H16F3N3O3. The van der Waals surface area contributed by atoms with Crippen LogP contribution >= 0.6 is 0 Å². The highest BCUT2D eigenvalue weighted by Gasteiger charge is 2.36. The van der Waals surface area contributed by atoms with Crippen molar-refractivity contribution in [1.29, 1.82) is 0 Å². The maximum atomic E-state index is 13.7. The van der Waals surface area contributed by atoms with Gasteiger partial charge in [-0.05, 0) is 17.7 Å². The maximum Gasteiger partial charge on any atom is 0.420 e. The van der Waals surface area contributed by atoms with E-state index in [4.69, 9.17) is 9.15 Å². The summed E-state index contributed by atoms with van der Waals surface area (Å²) in [5.41, 5.74) is 0.988. The third-order valence-corrected chi connectivity index (χ3v) is 5.17. The molecule has 4 aromatic rings. The minimum absolute atomic E-state index is 0.0438. The molecule has 0 N–H and O–H groups in total. The fraction of sp³-hybridized carbons (Fsp3) is 0.182. The minimum Gasteiger partial charge on any atom is -0.472 e. The first kappa shape index (κ1) is 19.2. The van der Waals surface area contributed by atoms with Gasteiger partial charge in [-0.15, -0.1) is 0 Å².